The first-order valence-corrected chi connectivity index (χ1v) is 49.0. The number of fused-ring (bicyclic) bond motifs is 16. The maximum Gasteiger partial charge on any atom is 0.287 e. The van der Waals surface area contributed by atoms with Crippen LogP contribution in [0.15, 0.2) is 346 Å². The molecule has 0 fully saturated rings. The Bertz CT molecular complexity index is 7190. The smallest absolute Gasteiger partial charge is 0.287 e. The van der Waals surface area contributed by atoms with Crippen molar-refractivity contribution in [3.05, 3.63) is 356 Å². The van der Waals surface area contributed by atoms with Gasteiger partial charge in [0.2, 0.25) is 39.1 Å². The number of benzene rings is 13. The molecule has 0 aliphatic carbocycles. The summed E-state index contributed by atoms with van der Waals surface area (Å²) in [4.78, 5) is 9.17. The molecule has 0 aliphatic heterocycles. The lowest BCUT2D eigenvalue weighted by molar-refractivity contribution is -0.662. The minimum absolute atomic E-state index is 0.838. The normalized spacial score (nSPS) is 10.2. The van der Waals surface area contributed by atoms with Crippen LogP contribution in [-0.2, 0) is 35.2 Å². The van der Waals surface area contributed by atoms with Crippen LogP contribution in [-0.4, -0.2) is 9.97 Å². The van der Waals surface area contributed by atoms with Crippen molar-refractivity contribution >= 4 is 131 Å². The first-order valence-electron chi connectivity index (χ1n) is 49.0. The highest BCUT2D eigenvalue weighted by atomic mass is 16.3. The van der Waals surface area contributed by atoms with Gasteiger partial charge in [-0.25, -0.2) is 13.7 Å². The van der Waals surface area contributed by atoms with E-state index in [-0.39, 0.29) is 0 Å². The summed E-state index contributed by atoms with van der Waals surface area (Å²) in [5.74, 6) is 0. The quantitative estimate of drug-likeness (QED) is 0.126. The van der Waals surface area contributed by atoms with Gasteiger partial charge >= 0.3 is 0 Å². The predicted molar refractivity (Wildman–Crippen MR) is 582 cm³/mol. The Balaban J connectivity index is 0.000000198. The molecule has 0 N–H and O–H groups in total. The summed E-state index contributed by atoms with van der Waals surface area (Å²) in [6.45, 7) is 51.0. The lowest BCUT2D eigenvalue weighted by atomic mass is 9.97. The van der Waals surface area contributed by atoms with E-state index < -0.39 is 0 Å². The molecule has 696 valence electrons. The Kier molecular flexibility index (Phi) is 41.5. The number of aryl methyl sites for hydroxylation is 10. The van der Waals surface area contributed by atoms with Gasteiger partial charge in [-0.05, 0) is 183 Å². The number of rotatable bonds is 5. The zero-order chi connectivity index (χ0) is 98.5. The molecule has 0 spiro atoms. The molecule has 0 atom stereocenters. The van der Waals surface area contributed by atoms with Crippen molar-refractivity contribution in [3.8, 4) is 56.3 Å². The molecule has 22 aromatic rings. The molecule has 11 nitrogen and oxygen atoms in total. The van der Waals surface area contributed by atoms with Gasteiger partial charge in [0.25, 0.3) is 24.0 Å². The van der Waals surface area contributed by atoms with E-state index in [1.54, 1.807) is 0 Å². The Morgan fingerprint density at radius 2 is 0.481 bits per heavy atom. The number of pyridine rings is 3. The molecular formula is C124H146N7O4+5. The molecule has 0 unspecified atom stereocenters. The third-order valence-corrected chi connectivity index (χ3v) is 22.4. The average molecular weight is 1800 g/mol. The third kappa shape index (κ3) is 23.3. The Hall–Kier alpha value is -14.3. The second-order valence-electron chi connectivity index (χ2n) is 30.3. The van der Waals surface area contributed by atoms with Crippen LogP contribution in [0.3, 0.4) is 0 Å². The summed E-state index contributed by atoms with van der Waals surface area (Å²) in [6.07, 6.45) is 11.3. The van der Waals surface area contributed by atoms with Crippen LogP contribution >= 0.6 is 0 Å². The van der Waals surface area contributed by atoms with Gasteiger partial charge in [0.1, 0.15) is 43.5 Å². The van der Waals surface area contributed by atoms with Crippen LogP contribution in [0.4, 0.5) is 0 Å². The van der Waals surface area contributed by atoms with Crippen molar-refractivity contribution in [2.45, 2.75) is 180 Å². The van der Waals surface area contributed by atoms with Crippen molar-refractivity contribution in [3.63, 3.8) is 0 Å². The molecule has 11 heteroatoms. The van der Waals surface area contributed by atoms with Gasteiger partial charge in [0.05, 0.1) is 41.4 Å². The summed E-state index contributed by atoms with van der Waals surface area (Å²) in [5.41, 5.74) is 27.1. The topological polar surface area (TPSA) is 97.7 Å². The SMILES string of the molecule is CC.CC.CC.CC.CC.CC.CC.CC.CC.CCC.Cc1c(-c2c3oc4ccccc4c3cc[n+]2C)ccc2ccccc12.Cc1c(-c2c3oc4ccccc4c3nc[n+]2C)ccc2ccccc12.Cc1ccccc1-c1c2cc3ccccc3cc2cc[n+]1C.Cc1ccccc1-c1c2oc3ccccc3c2cc[n+]1C.Cc1ccccc1-c1c2oc3ccccc3c2nc[n+]1C. The summed E-state index contributed by atoms with van der Waals surface area (Å²) < 4.78 is 35.3. The molecular weight excluding hydrogens is 1650 g/mol. The zero-order valence-corrected chi connectivity index (χ0v) is 86.1. The second kappa shape index (κ2) is 52.8. The van der Waals surface area contributed by atoms with Gasteiger partial charge < -0.3 is 17.7 Å². The highest BCUT2D eigenvalue weighted by molar-refractivity contribution is 6.12. The van der Waals surface area contributed by atoms with Crippen LogP contribution in [0.5, 0.6) is 0 Å². The van der Waals surface area contributed by atoms with Gasteiger partial charge in [0, 0.05) is 56.4 Å². The van der Waals surface area contributed by atoms with E-state index in [1.165, 1.54) is 122 Å². The maximum atomic E-state index is 6.27. The van der Waals surface area contributed by atoms with Crippen LogP contribution in [0.25, 0.3) is 187 Å². The van der Waals surface area contributed by atoms with Crippen molar-refractivity contribution in [2.24, 2.45) is 35.2 Å². The molecule has 0 saturated carbocycles. The van der Waals surface area contributed by atoms with Crippen molar-refractivity contribution in [1.29, 1.82) is 0 Å². The minimum atomic E-state index is 0.838. The predicted octanol–water partition coefficient (Wildman–Crippen LogP) is 34.1. The van der Waals surface area contributed by atoms with E-state index in [0.29, 0.717) is 0 Å². The number of aromatic nitrogens is 7. The minimum Gasteiger partial charge on any atom is -0.449 e. The molecule has 135 heavy (non-hydrogen) atoms. The lowest BCUT2D eigenvalue weighted by Gasteiger charge is -2.09. The van der Waals surface area contributed by atoms with E-state index in [0.717, 1.165) is 100 Å². The molecule has 0 radical (unpaired) electrons. The second-order valence-corrected chi connectivity index (χ2v) is 30.3. The number of furan rings is 4. The first kappa shape index (κ1) is 106. The number of nitrogens with zero attached hydrogens (tertiary/aromatic N) is 7. The van der Waals surface area contributed by atoms with Crippen molar-refractivity contribution in [1.82, 2.24) is 9.97 Å². The lowest BCUT2D eigenvalue weighted by Crippen LogP contribution is -2.31. The molecule has 9 heterocycles. The fourth-order valence-corrected chi connectivity index (χ4v) is 16.5. The van der Waals surface area contributed by atoms with Crippen LogP contribution < -0.4 is 22.8 Å². The van der Waals surface area contributed by atoms with E-state index in [4.69, 9.17) is 17.7 Å². The molecule has 0 saturated heterocycles. The molecule has 0 aliphatic rings. The Labute approximate surface area is 803 Å². The fraction of sp³-hybridized carbons (Fsp3) is 0.250. The van der Waals surface area contributed by atoms with Gasteiger partial charge in [-0.15, -0.1) is 0 Å². The Morgan fingerprint density at radius 1 is 0.215 bits per heavy atom. The van der Waals surface area contributed by atoms with Crippen molar-refractivity contribution < 1.29 is 40.5 Å². The number of para-hydroxylation sites is 4. The molecule has 0 bridgehead atoms. The third-order valence-electron chi connectivity index (χ3n) is 22.4. The summed E-state index contributed by atoms with van der Waals surface area (Å²) >= 11 is 0. The van der Waals surface area contributed by atoms with E-state index in [9.17, 15) is 0 Å². The maximum absolute atomic E-state index is 6.27. The molecule has 9 aromatic heterocycles. The van der Waals surface area contributed by atoms with Gasteiger partial charge in [0.15, 0.2) is 30.0 Å². The molecule has 13 aromatic carbocycles. The number of hydrogen-bond donors (Lipinski definition) is 0. The fourth-order valence-electron chi connectivity index (χ4n) is 16.5. The summed E-state index contributed by atoms with van der Waals surface area (Å²) in [7, 11) is 10.3. The number of hydrogen-bond acceptors (Lipinski definition) is 6. The highest BCUT2D eigenvalue weighted by Gasteiger charge is 2.28. The largest absolute Gasteiger partial charge is 0.449 e. The summed E-state index contributed by atoms with van der Waals surface area (Å²) in [5, 5.41) is 17.0. The van der Waals surface area contributed by atoms with Crippen molar-refractivity contribution in [2.75, 3.05) is 0 Å². The van der Waals surface area contributed by atoms with Gasteiger partial charge in [-0.3, -0.25) is 0 Å². The zero-order valence-electron chi connectivity index (χ0n) is 86.1. The molecule has 22 rings (SSSR count). The highest BCUT2D eigenvalue weighted by Crippen LogP contribution is 2.41. The van der Waals surface area contributed by atoms with E-state index in [2.05, 4.69) is 348 Å². The standard InChI is InChI=1S/C23H18NO.C22H17N2O.C21H18N.C19H16NO.C18H15N2O.C3H8.9C2H6/c1-15-17-8-4-3-7-16(17)11-12-18(15)22-23-20(13-14-24(22)2)19-9-5-6-10-21(19)25-23;1-14-16-8-4-3-7-15(16)11-12-17(14)21-22-20(23-13-24(21)2)18-9-5-6-10-19(18)25-22;1-15-7-3-6-10-19(15)21-20-14-17-9-5-4-8-16(17)13-18(20)11-12-22(21)2;1-13-7-3-4-8-14(13)18-19-16(11-12-20(18)2)15-9-5-6-10-17(15)21-19;1-12-7-3-4-8-13(12)17-18-16(19-11-20(17)2)14-9-5-6-10-15(14)21-18;1-3-2;9*1-2/h3-14H,1-2H3;3-13H,1-2H3;3-14H,1-2H3;3-12H,1-2H3;3-11H,1-2H3;3H2,1-2H3;9*1-2H3/q5*+1;;;;;;;;;;. The summed E-state index contributed by atoms with van der Waals surface area (Å²) in [6, 6.07) is 103. The van der Waals surface area contributed by atoms with E-state index in [1.807, 2.05) is 221 Å². The monoisotopic (exact) mass is 1800 g/mol. The van der Waals surface area contributed by atoms with Gasteiger partial charge in [-0.1, -0.05) is 351 Å². The van der Waals surface area contributed by atoms with Crippen LogP contribution in [0.2, 0.25) is 0 Å². The van der Waals surface area contributed by atoms with Crippen LogP contribution in [0, 0.1) is 34.6 Å². The van der Waals surface area contributed by atoms with Gasteiger partial charge in [-0.2, -0.15) is 9.13 Å². The molecule has 0 amide bonds. The van der Waals surface area contributed by atoms with Crippen LogP contribution in [0.1, 0.15) is 173 Å². The first-order chi connectivity index (χ1) is 66.1. The average Bonchev–Trinajstić information content (AvgIpc) is 1.36. The van der Waals surface area contributed by atoms with E-state index >= 15 is 0 Å². The Morgan fingerprint density at radius 3 is 0.859 bits per heavy atom.